The van der Waals surface area contributed by atoms with Crippen LogP contribution in [0, 0.1) is 13.8 Å². The lowest BCUT2D eigenvalue weighted by Crippen LogP contribution is -2.22. The van der Waals surface area contributed by atoms with Crippen molar-refractivity contribution in [1.29, 1.82) is 0 Å². The molecule has 18 heavy (non-hydrogen) atoms. The molecule has 104 valence electrons. The Morgan fingerprint density at radius 1 is 1.33 bits per heavy atom. The van der Waals surface area contributed by atoms with Crippen molar-refractivity contribution in [2.75, 3.05) is 19.8 Å². The van der Waals surface area contributed by atoms with Crippen molar-refractivity contribution in [3.8, 4) is 0 Å². The van der Waals surface area contributed by atoms with E-state index in [-0.39, 0.29) is 0 Å². The number of aromatic nitrogens is 2. The first-order valence-electron chi connectivity index (χ1n) is 6.89. The van der Waals surface area contributed by atoms with Gasteiger partial charge in [-0.3, -0.25) is 4.68 Å². The number of rotatable bonds is 8. The normalized spacial score (nSPS) is 12.9. The van der Waals surface area contributed by atoms with Crippen molar-refractivity contribution in [3.05, 3.63) is 17.0 Å². The van der Waals surface area contributed by atoms with E-state index in [4.69, 9.17) is 4.74 Å². The third-order valence-electron chi connectivity index (χ3n) is 3.26. The smallest absolute Gasteiger partial charge is 0.0644 e. The van der Waals surface area contributed by atoms with Gasteiger partial charge in [0.05, 0.1) is 5.69 Å². The fourth-order valence-corrected chi connectivity index (χ4v) is 2.26. The van der Waals surface area contributed by atoms with Crippen LogP contribution in [0.3, 0.4) is 0 Å². The predicted molar refractivity (Wildman–Crippen MR) is 74.8 cm³/mol. The zero-order valence-electron chi connectivity index (χ0n) is 12.4. The molecule has 0 aromatic carbocycles. The lowest BCUT2D eigenvalue weighted by Gasteiger charge is -2.14. The van der Waals surface area contributed by atoms with Crippen molar-refractivity contribution in [1.82, 2.24) is 15.1 Å². The monoisotopic (exact) mass is 253 g/mol. The molecule has 0 radical (unpaired) electrons. The Morgan fingerprint density at radius 3 is 2.61 bits per heavy atom. The van der Waals surface area contributed by atoms with Crippen LogP contribution in [-0.4, -0.2) is 29.5 Å². The summed E-state index contributed by atoms with van der Waals surface area (Å²) in [6.45, 7) is 11.2. The van der Waals surface area contributed by atoms with Crippen molar-refractivity contribution in [3.63, 3.8) is 0 Å². The zero-order valence-corrected chi connectivity index (χ0v) is 12.4. The van der Waals surface area contributed by atoms with Crippen LogP contribution in [0.1, 0.15) is 49.7 Å². The van der Waals surface area contributed by atoms with Crippen LogP contribution in [-0.2, 0) is 11.8 Å². The topological polar surface area (TPSA) is 39.1 Å². The highest BCUT2D eigenvalue weighted by Crippen LogP contribution is 2.20. The van der Waals surface area contributed by atoms with E-state index < -0.39 is 0 Å². The Kier molecular flexibility index (Phi) is 6.36. The van der Waals surface area contributed by atoms with E-state index in [1.165, 1.54) is 11.3 Å². The molecule has 0 saturated heterocycles. The maximum atomic E-state index is 5.47. The van der Waals surface area contributed by atoms with Gasteiger partial charge >= 0.3 is 0 Å². The van der Waals surface area contributed by atoms with Gasteiger partial charge < -0.3 is 10.1 Å². The van der Waals surface area contributed by atoms with E-state index in [0.717, 1.165) is 38.3 Å². The second-order valence-electron chi connectivity index (χ2n) is 4.85. The van der Waals surface area contributed by atoms with Crippen molar-refractivity contribution in [2.24, 2.45) is 7.05 Å². The number of hydrogen-bond acceptors (Lipinski definition) is 3. The third kappa shape index (κ3) is 4.10. The highest BCUT2D eigenvalue weighted by molar-refractivity contribution is 5.27. The summed E-state index contributed by atoms with van der Waals surface area (Å²) in [5.74, 6) is 0. The van der Waals surface area contributed by atoms with Crippen LogP contribution in [0.2, 0.25) is 0 Å². The maximum absolute atomic E-state index is 5.47. The fraction of sp³-hybridized carbons (Fsp3) is 0.786. The maximum Gasteiger partial charge on any atom is 0.0644 e. The highest BCUT2D eigenvalue weighted by Gasteiger charge is 2.15. The van der Waals surface area contributed by atoms with Gasteiger partial charge in [-0.15, -0.1) is 0 Å². The van der Waals surface area contributed by atoms with Crippen LogP contribution < -0.4 is 5.32 Å². The molecule has 0 aliphatic carbocycles. The minimum Gasteiger partial charge on any atom is -0.381 e. The number of nitrogens with one attached hydrogen (secondary N) is 1. The number of ether oxygens (including phenoxy) is 1. The van der Waals surface area contributed by atoms with Crippen molar-refractivity contribution in [2.45, 2.75) is 46.6 Å². The summed E-state index contributed by atoms with van der Waals surface area (Å²) in [5, 5.41) is 7.99. The lowest BCUT2D eigenvalue weighted by molar-refractivity contribution is 0.132. The van der Waals surface area contributed by atoms with Gasteiger partial charge in [0, 0.05) is 37.6 Å². The molecule has 1 aromatic rings. The molecular weight excluding hydrogens is 226 g/mol. The molecule has 1 unspecified atom stereocenters. The molecule has 1 rings (SSSR count). The van der Waals surface area contributed by atoms with Crippen LogP contribution in [0.15, 0.2) is 0 Å². The second kappa shape index (κ2) is 7.54. The molecule has 4 heteroatoms. The van der Waals surface area contributed by atoms with Gasteiger partial charge in [0.15, 0.2) is 0 Å². The average molecular weight is 253 g/mol. The van der Waals surface area contributed by atoms with Gasteiger partial charge in [-0.05, 0) is 40.2 Å². The first kappa shape index (κ1) is 15.2. The summed E-state index contributed by atoms with van der Waals surface area (Å²) in [6, 6.07) is 0.352. The van der Waals surface area contributed by atoms with Crippen LogP contribution in [0.5, 0.6) is 0 Å². The number of hydrogen-bond donors (Lipinski definition) is 1. The number of nitrogens with zero attached hydrogens (tertiary/aromatic N) is 2. The molecule has 0 spiro atoms. The lowest BCUT2D eigenvalue weighted by atomic mass is 10.1. The summed E-state index contributed by atoms with van der Waals surface area (Å²) in [7, 11) is 2.00. The van der Waals surface area contributed by atoms with E-state index in [9.17, 15) is 0 Å². The van der Waals surface area contributed by atoms with E-state index >= 15 is 0 Å². The van der Waals surface area contributed by atoms with Gasteiger partial charge in [0.1, 0.15) is 0 Å². The van der Waals surface area contributed by atoms with E-state index in [0.29, 0.717) is 6.04 Å². The van der Waals surface area contributed by atoms with E-state index in [2.05, 4.69) is 38.1 Å². The predicted octanol–water partition coefficient (Wildman–Crippen LogP) is 2.50. The fourth-order valence-electron chi connectivity index (χ4n) is 2.26. The molecule has 0 aliphatic rings. The van der Waals surface area contributed by atoms with Crippen molar-refractivity contribution < 1.29 is 4.74 Å². The first-order valence-corrected chi connectivity index (χ1v) is 6.89. The standard InChI is InChI=1S/C14H27N3O/c1-6-9-18-10-7-8-15-11(2)14-12(3)16-17(5)13(14)4/h11,15H,6-10H2,1-5H3. The Bertz CT molecular complexity index is 360. The van der Waals surface area contributed by atoms with Gasteiger partial charge in [-0.25, -0.2) is 0 Å². The molecule has 1 heterocycles. The Morgan fingerprint density at radius 2 is 2.06 bits per heavy atom. The van der Waals surface area contributed by atoms with Crippen LogP contribution in [0.25, 0.3) is 0 Å². The number of aryl methyl sites for hydroxylation is 2. The Labute approximate surface area is 111 Å². The molecule has 4 nitrogen and oxygen atoms in total. The van der Waals surface area contributed by atoms with Crippen LogP contribution >= 0.6 is 0 Å². The minimum absolute atomic E-state index is 0.352. The van der Waals surface area contributed by atoms with E-state index in [1.807, 2.05) is 11.7 Å². The summed E-state index contributed by atoms with van der Waals surface area (Å²) >= 11 is 0. The van der Waals surface area contributed by atoms with E-state index in [1.54, 1.807) is 0 Å². The molecule has 0 aliphatic heterocycles. The quantitative estimate of drug-likeness (QED) is 0.724. The second-order valence-corrected chi connectivity index (χ2v) is 4.85. The first-order chi connectivity index (χ1) is 8.57. The molecule has 0 bridgehead atoms. The Hall–Kier alpha value is -0.870. The molecule has 0 saturated carbocycles. The van der Waals surface area contributed by atoms with Crippen LogP contribution in [0.4, 0.5) is 0 Å². The molecule has 1 aromatic heterocycles. The summed E-state index contributed by atoms with van der Waals surface area (Å²) in [4.78, 5) is 0. The third-order valence-corrected chi connectivity index (χ3v) is 3.26. The van der Waals surface area contributed by atoms with Gasteiger partial charge in [0.25, 0.3) is 0 Å². The zero-order chi connectivity index (χ0) is 13.5. The molecule has 0 fully saturated rings. The van der Waals surface area contributed by atoms with Crippen molar-refractivity contribution >= 4 is 0 Å². The molecule has 1 N–H and O–H groups in total. The average Bonchev–Trinajstić information content (AvgIpc) is 2.58. The summed E-state index contributed by atoms with van der Waals surface area (Å²) in [6.07, 6.45) is 2.15. The largest absolute Gasteiger partial charge is 0.381 e. The van der Waals surface area contributed by atoms with Gasteiger partial charge in [-0.1, -0.05) is 6.92 Å². The SMILES string of the molecule is CCCOCCCNC(C)c1c(C)nn(C)c1C. The minimum atomic E-state index is 0.352. The van der Waals surface area contributed by atoms with Gasteiger partial charge in [0.2, 0.25) is 0 Å². The molecule has 1 atom stereocenters. The van der Waals surface area contributed by atoms with Gasteiger partial charge in [-0.2, -0.15) is 5.10 Å². The molecule has 0 amide bonds. The highest BCUT2D eigenvalue weighted by atomic mass is 16.5. The summed E-state index contributed by atoms with van der Waals surface area (Å²) < 4.78 is 7.42. The molecular formula is C14H27N3O. The summed E-state index contributed by atoms with van der Waals surface area (Å²) in [5.41, 5.74) is 3.69. The Balaban J connectivity index is 2.34.